The Labute approximate surface area is 104 Å². The van der Waals surface area contributed by atoms with Crippen LogP contribution in [-0.4, -0.2) is 6.29 Å². The average Bonchev–Trinajstić information content (AvgIpc) is 2.67. The molecule has 1 aromatic heterocycles. The molecule has 0 atom stereocenters. The number of hydrogen-bond acceptors (Lipinski definition) is 2. The fraction of sp³-hybridized carbons (Fsp3) is 0.133. The van der Waals surface area contributed by atoms with Crippen LogP contribution in [0.15, 0.2) is 30.3 Å². The third-order valence-electron chi connectivity index (χ3n) is 3.25. The third kappa shape index (κ3) is 1.56. The second-order valence-corrected chi connectivity index (χ2v) is 5.49. The topological polar surface area (TPSA) is 17.1 Å². The average molecular weight is 240 g/mol. The summed E-state index contributed by atoms with van der Waals surface area (Å²) in [6.45, 7) is 4.26. The Morgan fingerprint density at radius 1 is 0.941 bits per heavy atom. The van der Waals surface area contributed by atoms with Gasteiger partial charge in [0.25, 0.3) is 0 Å². The maximum atomic E-state index is 10.8. The molecule has 0 unspecified atom stereocenters. The number of aryl methyl sites for hydroxylation is 2. The number of thiophene rings is 1. The van der Waals surface area contributed by atoms with Crippen LogP contribution in [0.5, 0.6) is 0 Å². The van der Waals surface area contributed by atoms with Crippen molar-refractivity contribution in [2.45, 2.75) is 13.8 Å². The molecule has 2 aromatic carbocycles. The Kier molecular flexibility index (Phi) is 2.26. The maximum absolute atomic E-state index is 10.8. The van der Waals surface area contributed by atoms with Crippen molar-refractivity contribution in [3.8, 4) is 0 Å². The van der Waals surface area contributed by atoms with Gasteiger partial charge in [-0.25, -0.2) is 0 Å². The molecule has 0 spiro atoms. The lowest BCUT2D eigenvalue weighted by atomic mass is 10.0. The zero-order valence-electron chi connectivity index (χ0n) is 9.78. The molecule has 0 aliphatic rings. The van der Waals surface area contributed by atoms with Gasteiger partial charge in [0.15, 0.2) is 0 Å². The fourth-order valence-corrected chi connectivity index (χ4v) is 3.29. The molecule has 0 amide bonds. The highest BCUT2D eigenvalue weighted by Crippen LogP contribution is 2.35. The number of carbonyl (C=O) groups is 1. The van der Waals surface area contributed by atoms with Gasteiger partial charge in [-0.2, -0.15) is 0 Å². The first-order chi connectivity index (χ1) is 8.19. The summed E-state index contributed by atoms with van der Waals surface area (Å²) in [6, 6.07) is 10.3. The van der Waals surface area contributed by atoms with E-state index in [4.69, 9.17) is 0 Å². The van der Waals surface area contributed by atoms with Crippen LogP contribution in [0.1, 0.15) is 21.5 Å². The van der Waals surface area contributed by atoms with Gasteiger partial charge in [0.1, 0.15) is 6.29 Å². The second kappa shape index (κ2) is 3.67. The van der Waals surface area contributed by atoms with Crippen LogP contribution < -0.4 is 0 Å². The molecule has 0 saturated heterocycles. The molecule has 3 rings (SSSR count). The quantitative estimate of drug-likeness (QED) is 0.573. The van der Waals surface area contributed by atoms with Gasteiger partial charge < -0.3 is 0 Å². The molecular formula is C15H12OS. The van der Waals surface area contributed by atoms with Crippen LogP contribution in [0.4, 0.5) is 0 Å². The van der Waals surface area contributed by atoms with Gasteiger partial charge in [-0.15, -0.1) is 11.3 Å². The Bertz CT molecular complexity index is 737. The summed E-state index contributed by atoms with van der Waals surface area (Å²) < 4.78 is 2.54. The highest BCUT2D eigenvalue weighted by atomic mass is 32.1. The molecule has 0 saturated carbocycles. The van der Waals surface area contributed by atoms with Crippen molar-refractivity contribution in [3.63, 3.8) is 0 Å². The summed E-state index contributed by atoms with van der Waals surface area (Å²) in [5.41, 5.74) is 3.36. The Balaban J connectivity index is 2.48. The lowest BCUT2D eigenvalue weighted by Crippen LogP contribution is -1.80. The van der Waals surface area contributed by atoms with Crippen molar-refractivity contribution >= 4 is 37.8 Å². The van der Waals surface area contributed by atoms with E-state index in [9.17, 15) is 4.79 Å². The van der Waals surface area contributed by atoms with Gasteiger partial charge in [-0.1, -0.05) is 6.07 Å². The predicted molar refractivity (Wildman–Crippen MR) is 74.2 cm³/mol. The van der Waals surface area contributed by atoms with Gasteiger partial charge in [-0.3, -0.25) is 4.79 Å². The van der Waals surface area contributed by atoms with Crippen molar-refractivity contribution in [2.24, 2.45) is 0 Å². The van der Waals surface area contributed by atoms with Crippen molar-refractivity contribution in [1.29, 1.82) is 0 Å². The van der Waals surface area contributed by atoms with Crippen molar-refractivity contribution < 1.29 is 4.79 Å². The maximum Gasteiger partial charge on any atom is 0.150 e. The number of rotatable bonds is 1. The molecule has 0 radical (unpaired) electrons. The summed E-state index contributed by atoms with van der Waals surface area (Å²) in [7, 11) is 0. The first-order valence-electron chi connectivity index (χ1n) is 5.58. The van der Waals surface area contributed by atoms with Crippen LogP contribution in [0.3, 0.4) is 0 Å². The van der Waals surface area contributed by atoms with Gasteiger partial charge in [-0.05, 0) is 49.2 Å². The Morgan fingerprint density at radius 3 is 2.41 bits per heavy atom. The molecule has 0 N–H and O–H groups in total. The van der Waals surface area contributed by atoms with E-state index in [-0.39, 0.29) is 0 Å². The summed E-state index contributed by atoms with van der Waals surface area (Å²) >= 11 is 1.79. The molecule has 0 aliphatic heterocycles. The fourth-order valence-electron chi connectivity index (χ4n) is 2.12. The summed E-state index contributed by atoms with van der Waals surface area (Å²) in [4.78, 5) is 10.8. The lowest BCUT2D eigenvalue weighted by Gasteiger charge is -1.99. The smallest absolute Gasteiger partial charge is 0.150 e. The van der Waals surface area contributed by atoms with E-state index in [0.29, 0.717) is 0 Å². The summed E-state index contributed by atoms with van der Waals surface area (Å²) in [6.07, 6.45) is 0.907. The van der Waals surface area contributed by atoms with Crippen LogP contribution in [0.2, 0.25) is 0 Å². The van der Waals surface area contributed by atoms with E-state index in [0.717, 1.165) is 11.8 Å². The molecule has 0 bridgehead atoms. The van der Waals surface area contributed by atoms with E-state index in [2.05, 4.69) is 26.0 Å². The molecule has 2 heteroatoms. The number of aldehydes is 1. The van der Waals surface area contributed by atoms with Crippen molar-refractivity contribution in [3.05, 3.63) is 47.0 Å². The van der Waals surface area contributed by atoms with Crippen LogP contribution in [0, 0.1) is 13.8 Å². The molecular weight excluding hydrogens is 228 g/mol. The number of hydrogen-bond donors (Lipinski definition) is 0. The largest absolute Gasteiger partial charge is 0.298 e. The van der Waals surface area contributed by atoms with E-state index < -0.39 is 0 Å². The zero-order valence-corrected chi connectivity index (χ0v) is 10.6. The minimum Gasteiger partial charge on any atom is -0.298 e. The van der Waals surface area contributed by atoms with E-state index >= 15 is 0 Å². The van der Waals surface area contributed by atoms with Crippen molar-refractivity contribution in [2.75, 3.05) is 0 Å². The van der Waals surface area contributed by atoms with Gasteiger partial charge in [0.2, 0.25) is 0 Å². The van der Waals surface area contributed by atoms with Crippen LogP contribution in [-0.2, 0) is 0 Å². The number of benzene rings is 2. The molecule has 3 aromatic rings. The van der Waals surface area contributed by atoms with Gasteiger partial charge in [0, 0.05) is 25.7 Å². The predicted octanol–water partition coefficient (Wildman–Crippen LogP) is 4.48. The minimum atomic E-state index is 0.746. The minimum absolute atomic E-state index is 0.746. The highest BCUT2D eigenvalue weighted by molar-refractivity contribution is 7.25. The number of fused-ring (bicyclic) bond motifs is 3. The van der Waals surface area contributed by atoms with Crippen LogP contribution in [0.25, 0.3) is 20.2 Å². The molecule has 84 valence electrons. The molecule has 0 fully saturated rings. The molecule has 17 heavy (non-hydrogen) atoms. The Hall–Kier alpha value is -1.67. The molecule has 0 aliphatic carbocycles. The monoisotopic (exact) mass is 240 g/mol. The molecule has 1 nitrogen and oxygen atoms in total. The van der Waals surface area contributed by atoms with E-state index in [1.807, 2.05) is 18.2 Å². The normalized spacial score (nSPS) is 11.2. The zero-order chi connectivity index (χ0) is 12.0. The lowest BCUT2D eigenvalue weighted by molar-refractivity contribution is 0.112. The van der Waals surface area contributed by atoms with Crippen LogP contribution >= 0.6 is 11.3 Å². The Morgan fingerprint density at radius 2 is 1.65 bits per heavy atom. The summed E-state index contributed by atoms with van der Waals surface area (Å²) in [5.74, 6) is 0. The van der Waals surface area contributed by atoms with E-state index in [1.165, 1.54) is 31.3 Å². The highest BCUT2D eigenvalue weighted by Gasteiger charge is 2.07. The summed E-state index contributed by atoms with van der Waals surface area (Å²) in [5, 5.41) is 2.45. The first kappa shape index (κ1) is 10.5. The van der Waals surface area contributed by atoms with Gasteiger partial charge >= 0.3 is 0 Å². The molecule has 1 heterocycles. The van der Waals surface area contributed by atoms with Crippen molar-refractivity contribution in [1.82, 2.24) is 0 Å². The first-order valence-corrected chi connectivity index (χ1v) is 6.39. The third-order valence-corrected chi connectivity index (χ3v) is 4.38. The standard InChI is InChI=1S/C15H12OS/c1-9-5-12-13-7-11(8-16)3-4-14(13)17-15(12)6-10(9)2/h3-8H,1-2H3. The second-order valence-electron chi connectivity index (χ2n) is 4.41. The SMILES string of the molecule is Cc1cc2sc3ccc(C=O)cc3c2cc1C. The van der Waals surface area contributed by atoms with E-state index in [1.54, 1.807) is 11.3 Å². The van der Waals surface area contributed by atoms with Gasteiger partial charge in [0.05, 0.1) is 0 Å². The number of carbonyl (C=O) groups excluding carboxylic acids is 1.